The van der Waals surface area contributed by atoms with E-state index in [0.29, 0.717) is 30.3 Å². The third-order valence-corrected chi connectivity index (χ3v) is 5.15. The zero-order valence-corrected chi connectivity index (χ0v) is 12.7. The number of aryl methyl sites for hydroxylation is 1. The molecule has 2 rings (SSSR count). The summed E-state index contributed by atoms with van der Waals surface area (Å²) < 4.78 is 25.1. The van der Waals surface area contributed by atoms with Gasteiger partial charge in [0, 0.05) is 18.8 Å². The van der Waals surface area contributed by atoms with Crippen LogP contribution in [0, 0.1) is 12.8 Å². The predicted molar refractivity (Wildman–Crippen MR) is 77.2 cm³/mol. The van der Waals surface area contributed by atoms with Gasteiger partial charge in [0.1, 0.15) is 9.84 Å². The molecule has 0 amide bonds. The van der Waals surface area contributed by atoms with E-state index in [1.807, 2.05) is 13.1 Å². The fourth-order valence-corrected chi connectivity index (χ4v) is 3.84. The van der Waals surface area contributed by atoms with E-state index in [0.717, 1.165) is 18.2 Å². The number of hydrogen-bond donors (Lipinski definition) is 1. The number of hydrogen-bond acceptors (Lipinski definition) is 4. The molecule has 1 aliphatic heterocycles. The highest BCUT2D eigenvalue weighted by molar-refractivity contribution is 7.91. The van der Waals surface area contributed by atoms with Crippen molar-refractivity contribution in [2.75, 3.05) is 23.4 Å². The zero-order valence-electron chi connectivity index (χ0n) is 11.9. The largest absolute Gasteiger partial charge is 0.355 e. The van der Waals surface area contributed by atoms with Gasteiger partial charge in [-0.2, -0.15) is 0 Å². The summed E-state index contributed by atoms with van der Waals surface area (Å²) in [6.07, 6.45) is 3.40. The van der Waals surface area contributed by atoms with Gasteiger partial charge in [0.2, 0.25) is 5.95 Å². The van der Waals surface area contributed by atoms with Crippen LogP contribution in [0.2, 0.25) is 0 Å². The molecule has 0 saturated carbocycles. The second-order valence-corrected chi connectivity index (χ2v) is 8.07. The van der Waals surface area contributed by atoms with Crippen molar-refractivity contribution in [3.63, 3.8) is 0 Å². The minimum Gasteiger partial charge on any atom is -0.355 e. The normalized spacial score (nSPS) is 19.8. The summed E-state index contributed by atoms with van der Waals surface area (Å²) in [5.74, 6) is 2.00. The van der Waals surface area contributed by atoms with Gasteiger partial charge in [0.25, 0.3) is 0 Å². The molecule has 6 heteroatoms. The van der Waals surface area contributed by atoms with E-state index >= 15 is 0 Å². The van der Waals surface area contributed by atoms with Gasteiger partial charge in [-0.25, -0.2) is 13.4 Å². The smallest absolute Gasteiger partial charge is 0.203 e. The molecule has 1 aromatic heterocycles. The van der Waals surface area contributed by atoms with E-state index in [-0.39, 0.29) is 6.04 Å². The molecule has 108 valence electrons. The highest BCUT2D eigenvalue weighted by Gasteiger charge is 2.26. The number of aromatic nitrogens is 2. The molecule has 0 atom stereocenters. The Hall–Kier alpha value is -1.04. The predicted octanol–water partition coefficient (Wildman–Crippen LogP) is 2.01. The monoisotopic (exact) mass is 285 g/mol. The fraction of sp³-hybridized carbons (Fsp3) is 0.769. The number of rotatable bonds is 4. The second kappa shape index (κ2) is 5.53. The lowest BCUT2D eigenvalue weighted by Gasteiger charge is -2.25. The number of anilines is 1. The Morgan fingerprint density at radius 2 is 2.05 bits per heavy atom. The topological polar surface area (TPSA) is 64.0 Å². The number of nitrogens with zero attached hydrogens (tertiary/aromatic N) is 2. The van der Waals surface area contributed by atoms with Gasteiger partial charge < -0.3 is 9.88 Å². The van der Waals surface area contributed by atoms with Crippen LogP contribution in [0.5, 0.6) is 0 Å². The molecule has 0 aromatic carbocycles. The molecule has 1 aliphatic rings. The van der Waals surface area contributed by atoms with Crippen molar-refractivity contribution in [2.45, 2.75) is 39.7 Å². The Bertz CT molecular complexity index is 520. The molecule has 1 aromatic rings. The van der Waals surface area contributed by atoms with E-state index in [1.54, 1.807) is 0 Å². The van der Waals surface area contributed by atoms with Crippen molar-refractivity contribution in [3.05, 3.63) is 11.9 Å². The van der Waals surface area contributed by atoms with Crippen molar-refractivity contribution in [2.24, 2.45) is 5.92 Å². The SMILES string of the molecule is Cc1cn(C2CCS(=O)(=O)CC2)c(NCC(C)C)n1. The quantitative estimate of drug-likeness (QED) is 0.919. The molecule has 1 N–H and O–H groups in total. The van der Waals surface area contributed by atoms with Crippen LogP contribution in [0.25, 0.3) is 0 Å². The highest BCUT2D eigenvalue weighted by Crippen LogP contribution is 2.27. The first-order chi connectivity index (χ1) is 8.87. The molecule has 0 radical (unpaired) electrons. The highest BCUT2D eigenvalue weighted by atomic mass is 32.2. The first-order valence-corrected chi connectivity index (χ1v) is 8.69. The lowest BCUT2D eigenvalue weighted by molar-refractivity contribution is 0.452. The molecule has 2 heterocycles. The van der Waals surface area contributed by atoms with Gasteiger partial charge in [-0.3, -0.25) is 0 Å². The van der Waals surface area contributed by atoms with Gasteiger partial charge in [0.05, 0.1) is 17.2 Å². The molecule has 19 heavy (non-hydrogen) atoms. The average Bonchev–Trinajstić information content (AvgIpc) is 2.68. The van der Waals surface area contributed by atoms with Crippen molar-refractivity contribution in [1.29, 1.82) is 0 Å². The number of imidazole rings is 1. The van der Waals surface area contributed by atoms with Crippen molar-refractivity contribution in [3.8, 4) is 0 Å². The standard InChI is InChI=1S/C13H23N3O2S/c1-10(2)8-14-13-15-11(3)9-16(13)12-4-6-19(17,18)7-5-12/h9-10,12H,4-8H2,1-3H3,(H,14,15). The van der Waals surface area contributed by atoms with Crippen molar-refractivity contribution in [1.82, 2.24) is 9.55 Å². The van der Waals surface area contributed by atoms with E-state index in [4.69, 9.17) is 0 Å². The molecule has 5 nitrogen and oxygen atoms in total. The van der Waals surface area contributed by atoms with Crippen LogP contribution in [0.1, 0.15) is 38.4 Å². The Labute approximate surface area is 115 Å². The van der Waals surface area contributed by atoms with Crippen LogP contribution in [0.4, 0.5) is 5.95 Å². The van der Waals surface area contributed by atoms with E-state index in [1.165, 1.54) is 0 Å². The van der Waals surface area contributed by atoms with Crippen LogP contribution in [-0.4, -0.2) is 36.0 Å². The maximum absolute atomic E-state index is 11.5. The van der Waals surface area contributed by atoms with Gasteiger partial charge in [-0.05, 0) is 25.7 Å². The van der Waals surface area contributed by atoms with Crippen LogP contribution >= 0.6 is 0 Å². The summed E-state index contributed by atoms with van der Waals surface area (Å²) in [6.45, 7) is 7.15. The molecular formula is C13H23N3O2S. The molecule has 1 fully saturated rings. The second-order valence-electron chi connectivity index (χ2n) is 5.77. The van der Waals surface area contributed by atoms with Gasteiger partial charge >= 0.3 is 0 Å². The first-order valence-electron chi connectivity index (χ1n) is 6.87. The van der Waals surface area contributed by atoms with Crippen LogP contribution in [-0.2, 0) is 9.84 Å². The first kappa shape index (κ1) is 14.4. The summed E-state index contributed by atoms with van der Waals surface area (Å²) in [4.78, 5) is 4.50. The maximum atomic E-state index is 11.5. The summed E-state index contributed by atoms with van der Waals surface area (Å²) in [5, 5.41) is 3.35. The minimum atomic E-state index is -2.81. The number of nitrogens with one attached hydrogen (secondary N) is 1. The lowest BCUT2D eigenvalue weighted by Crippen LogP contribution is -2.26. The average molecular weight is 285 g/mol. The van der Waals surface area contributed by atoms with E-state index in [2.05, 4.69) is 28.7 Å². The Balaban J connectivity index is 2.11. The van der Waals surface area contributed by atoms with Crippen LogP contribution in [0.15, 0.2) is 6.20 Å². The molecular weight excluding hydrogens is 262 g/mol. The Kier molecular flexibility index (Phi) is 4.18. The maximum Gasteiger partial charge on any atom is 0.203 e. The minimum absolute atomic E-state index is 0.249. The van der Waals surface area contributed by atoms with Gasteiger partial charge in [-0.1, -0.05) is 13.8 Å². The van der Waals surface area contributed by atoms with Crippen LogP contribution in [0.3, 0.4) is 0 Å². The third-order valence-electron chi connectivity index (χ3n) is 3.44. The van der Waals surface area contributed by atoms with Crippen molar-refractivity contribution < 1.29 is 8.42 Å². The van der Waals surface area contributed by atoms with E-state index in [9.17, 15) is 8.42 Å². The van der Waals surface area contributed by atoms with Gasteiger partial charge in [-0.15, -0.1) is 0 Å². The Morgan fingerprint density at radius 3 is 2.63 bits per heavy atom. The molecule has 1 saturated heterocycles. The fourth-order valence-electron chi connectivity index (χ4n) is 2.38. The van der Waals surface area contributed by atoms with Crippen LogP contribution < -0.4 is 5.32 Å². The molecule has 0 bridgehead atoms. The molecule has 0 unspecified atom stereocenters. The summed E-state index contributed by atoms with van der Waals surface area (Å²) in [5.41, 5.74) is 0.972. The summed E-state index contributed by atoms with van der Waals surface area (Å²) in [6, 6.07) is 0.249. The lowest BCUT2D eigenvalue weighted by atomic mass is 10.1. The van der Waals surface area contributed by atoms with Gasteiger partial charge in [0.15, 0.2) is 0 Å². The molecule has 0 spiro atoms. The summed E-state index contributed by atoms with van der Waals surface area (Å²) >= 11 is 0. The zero-order chi connectivity index (χ0) is 14.0. The Morgan fingerprint density at radius 1 is 1.42 bits per heavy atom. The number of sulfone groups is 1. The molecule has 0 aliphatic carbocycles. The summed E-state index contributed by atoms with van der Waals surface area (Å²) in [7, 11) is -2.81. The third kappa shape index (κ3) is 3.72. The van der Waals surface area contributed by atoms with Crippen molar-refractivity contribution >= 4 is 15.8 Å². The van der Waals surface area contributed by atoms with E-state index < -0.39 is 9.84 Å².